The standard InChI is InChI=1S/C23H21F3/c1-2-15-9-13-20-19-6-4-3-5-16(19)10-14-21(20)22(15)17-7-11-18(12-8-17)23(24,25)26/h3-8,10-12,14-15,22H,2,9,13H2,1H3/t15-,22-/m1/s1. The van der Waals surface area contributed by atoms with Crippen molar-refractivity contribution in [1.82, 2.24) is 0 Å². The van der Waals surface area contributed by atoms with Gasteiger partial charge in [-0.25, -0.2) is 0 Å². The highest BCUT2D eigenvalue weighted by Crippen LogP contribution is 2.45. The van der Waals surface area contributed by atoms with Crippen LogP contribution in [-0.2, 0) is 12.6 Å². The molecule has 0 saturated carbocycles. The SMILES string of the molecule is CC[C@@H]1CCc2c(ccc3ccccc23)[C@H]1c1ccc(C(F)(F)F)cc1. The summed E-state index contributed by atoms with van der Waals surface area (Å²) in [5, 5.41) is 2.50. The summed E-state index contributed by atoms with van der Waals surface area (Å²) in [5.74, 6) is 0.621. The Hall–Kier alpha value is -2.29. The fourth-order valence-electron chi connectivity index (χ4n) is 4.44. The van der Waals surface area contributed by atoms with Crippen LogP contribution in [0, 0.1) is 5.92 Å². The fourth-order valence-corrected chi connectivity index (χ4v) is 4.44. The Morgan fingerprint density at radius 1 is 0.923 bits per heavy atom. The maximum atomic E-state index is 12.9. The largest absolute Gasteiger partial charge is 0.416 e. The lowest BCUT2D eigenvalue weighted by atomic mass is 9.70. The molecule has 0 aromatic heterocycles. The van der Waals surface area contributed by atoms with Crippen LogP contribution in [0.25, 0.3) is 10.8 Å². The fraction of sp³-hybridized carbons (Fsp3) is 0.304. The third-order valence-electron chi connectivity index (χ3n) is 5.77. The van der Waals surface area contributed by atoms with E-state index >= 15 is 0 Å². The number of hydrogen-bond donors (Lipinski definition) is 0. The lowest BCUT2D eigenvalue weighted by molar-refractivity contribution is -0.137. The summed E-state index contributed by atoms with van der Waals surface area (Å²) < 4.78 is 38.8. The Balaban J connectivity index is 1.83. The lowest BCUT2D eigenvalue weighted by Gasteiger charge is -2.34. The molecule has 3 heteroatoms. The summed E-state index contributed by atoms with van der Waals surface area (Å²) in [6.07, 6.45) is -1.16. The molecule has 2 atom stereocenters. The number of hydrogen-bond acceptors (Lipinski definition) is 0. The first-order valence-corrected chi connectivity index (χ1v) is 9.16. The van der Waals surface area contributed by atoms with Crippen molar-refractivity contribution in [1.29, 1.82) is 0 Å². The van der Waals surface area contributed by atoms with Crippen LogP contribution >= 0.6 is 0 Å². The molecule has 134 valence electrons. The van der Waals surface area contributed by atoms with Gasteiger partial charge in [-0.2, -0.15) is 13.2 Å². The van der Waals surface area contributed by atoms with Crippen LogP contribution in [0.1, 0.15) is 47.9 Å². The van der Waals surface area contributed by atoms with E-state index < -0.39 is 11.7 Å². The molecule has 0 bridgehead atoms. The normalized spacial score (nSPS) is 20.2. The van der Waals surface area contributed by atoms with Crippen molar-refractivity contribution < 1.29 is 13.2 Å². The summed E-state index contributed by atoms with van der Waals surface area (Å²) >= 11 is 0. The molecule has 26 heavy (non-hydrogen) atoms. The monoisotopic (exact) mass is 354 g/mol. The molecule has 0 saturated heterocycles. The van der Waals surface area contributed by atoms with Crippen molar-refractivity contribution in [2.24, 2.45) is 5.92 Å². The zero-order valence-electron chi connectivity index (χ0n) is 14.7. The van der Waals surface area contributed by atoms with Gasteiger partial charge in [-0.3, -0.25) is 0 Å². The first-order chi connectivity index (χ1) is 12.5. The smallest absolute Gasteiger partial charge is 0.166 e. The second-order valence-corrected chi connectivity index (χ2v) is 7.16. The van der Waals surface area contributed by atoms with E-state index in [2.05, 4.69) is 37.3 Å². The van der Waals surface area contributed by atoms with Gasteiger partial charge in [-0.15, -0.1) is 0 Å². The maximum Gasteiger partial charge on any atom is 0.416 e. The van der Waals surface area contributed by atoms with Gasteiger partial charge in [-0.05, 0) is 58.4 Å². The van der Waals surface area contributed by atoms with Crippen LogP contribution < -0.4 is 0 Å². The van der Waals surface area contributed by atoms with Gasteiger partial charge in [0.05, 0.1) is 5.56 Å². The molecule has 0 fully saturated rings. The highest BCUT2D eigenvalue weighted by atomic mass is 19.4. The van der Waals surface area contributed by atoms with Crippen LogP contribution in [0.15, 0.2) is 60.7 Å². The van der Waals surface area contributed by atoms with Crippen molar-refractivity contribution in [2.75, 3.05) is 0 Å². The number of rotatable bonds is 2. The van der Waals surface area contributed by atoms with Gasteiger partial charge >= 0.3 is 6.18 Å². The Labute approximate surface area is 151 Å². The topological polar surface area (TPSA) is 0 Å². The predicted molar refractivity (Wildman–Crippen MR) is 99.3 cm³/mol. The van der Waals surface area contributed by atoms with Gasteiger partial charge in [0.25, 0.3) is 0 Å². The van der Waals surface area contributed by atoms with Crippen molar-refractivity contribution >= 4 is 10.8 Å². The van der Waals surface area contributed by atoms with E-state index in [1.165, 1.54) is 34.0 Å². The number of halogens is 3. The number of benzene rings is 3. The van der Waals surface area contributed by atoms with Crippen LogP contribution in [0.4, 0.5) is 13.2 Å². The quantitative estimate of drug-likeness (QED) is 0.466. The zero-order valence-corrected chi connectivity index (χ0v) is 14.7. The van der Waals surface area contributed by atoms with Gasteiger partial charge in [0, 0.05) is 5.92 Å². The average Bonchev–Trinajstić information content (AvgIpc) is 2.66. The molecule has 0 radical (unpaired) electrons. The van der Waals surface area contributed by atoms with Gasteiger partial charge in [0.15, 0.2) is 0 Å². The van der Waals surface area contributed by atoms with Gasteiger partial charge in [0.2, 0.25) is 0 Å². The summed E-state index contributed by atoms with van der Waals surface area (Å²) in [6, 6.07) is 18.5. The number of fused-ring (bicyclic) bond motifs is 3. The highest BCUT2D eigenvalue weighted by Gasteiger charge is 2.33. The van der Waals surface area contributed by atoms with E-state index in [4.69, 9.17) is 0 Å². The van der Waals surface area contributed by atoms with Crippen LogP contribution in [0.5, 0.6) is 0 Å². The Morgan fingerprint density at radius 2 is 1.65 bits per heavy atom. The molecular weight excluding hydrogens is 333 g/mol. The Morgan fingerprint density at radius 3 is 2.35 bits per heavy atom. The Bertz CT molecular complexity index is 922. The third-order valence-corrected chi connectivity index (χ3v) is 5.77. The Kier molecular flexibility index (Phi) is 4.26. The van der Waals surface area contributed by atoms with E-state index in [0.29, 0.717) is 5.92 Å². The zero-order chi connectivity index (χ0) is 18.3. The summed E-state index contributed by atoms with van der Waals surface area (Å²) in [7, 11) is 0. The van der Waals surface area contributed by atoms with E-state index in [0.717, 1.165) is 24.8 Å². The minimum absolute atomic E-state index is 0.163. The van der Waals surface area contributed by atoms with Crippen molar-refractivity contribution in [2.45, 2.75) is 38.3 Å². The second kappa shape index (κ2) is 6.46. The summed E-state index contributed by atoms with van der Waals surface area (Å²) in [4.78, 5) is 0. The molecule has 3 aromatic rings. The maximum absolute atomic E-state index is 12.9. The lowest BCUT2D eigenvalue weighted by Crippen LogP contribution is -2.21. The van der Waals surface area contributed by atoms with E-state index in [-0.39, 0.29) is 5.92 Å². The second-order valence-electron chi connectivity index (χ2n) is 7.16. The minimum atomic E-state index is -4.29. The van der Waals surface area contributed by atoms with E-state index in [9.17, 15) is 13.2 Å². The molecule has 0 N–H and O–H groups in total. The molecule has 4 rings (SSSR count). The number of alkyl halides is 3. The van der Waals surface area contributed by atoms with Gasteiger partial charge < -0.3 is 0 Å². The van der Waals surface area contributed by atoms with Crippen molar-refractivity contribution in [3.05, 3.63) is 82.9 Å². The van der Waals surface area contributed by atoms with E-state index in [1.807, 2.05) is 6.07 Å². The molecule has 0 amide bonds. The van der Waals surface area contributed by atoms with Crippen LogP contribution in [-0.4, -0.2) is 0 Å². The summed E-state index contributed by atoms with van der Waals surface area (Å²) in [6.45, 7) is 2.17. The molecular formula is C23H21F3. The van der Waals surface area contributed by atoms with E-state index in [1.54, 1.807) is 12.1 Å². The first kappa shape index (κ1) is 17.1. The van der Waals surface area contributed by atoms with Crippen molar-refractivity contribution in [3.63, 3.8) is 0 Å². The first-order valence-electron chi connectivity index (χ1n) is 9.16. The molecule has 0 spiro atoms. The highest BCUT2D eigenvalue weighted by molar-refractivity contribution is 5.87. The van der Waals surface area contributed by atoms with Gasteiger partial charge in [-0.1, -0.05) is 61.9 Å². The predicted octanol–water partition coefficient (Wildman–Crippen LogP) is 6.96. The van der Waals surface area contributed by atoms with Gasteiger partial charge in [0.1, 0.15) is 0 Å². The average molecular weight is 354 g/mol. The molecule has 1 aliphatic carbocycles. The molecule has 0 unspecified atom stereocenters. The third kappa shape index (κ3) is 2.90. The molecule has 0 heterocycles. The molecule has 0 aliphatic heterocycles. The molecule has 3 aromatic carbocycles. The van der Waals surface area contributed by atoms with Crippen molar-refractivity contribution in [3.8, 4) is 0 Å². The van der Waals surface area contributed by atoms with Crippen LogP contribution in [0.2, 0.25) is 0 Å². The molecule has 0 nitrogen and oxygen atoms in total. The minimum Gasteiger partial charge on any atom is -0.166 e. The number of aryl methyl sites for hydroxylation is 1. The molecule has 1 aliphatic rings. The summed E-state index contributed by atoms with van der Waals surface area (Å²) in [5.41, 5.74) is 3.05. The van der Waals surface area contributed by atoms with Crippen LogP contribution in [0.3, 0.4) is 0 Å².